The predicted molar refractivity (Wildman–Crippen MR) is 148 cm³/mol. The smallest absolute Gasteiger partial charge is 0.414 e. The van der Waals surface area contributed by atoms with Crippen molar-refractivity contribution in [2.75, 3.05) is 46.5 Å². The maximum Gasteiger partial charge on any atom is 0.414 e. The number of benzene rings is 2. The van der Waals surface area contributed by atoms with Gasteiger partial charge in [0, 0.05) is 78.2 Å². The summed E-state index contributed by atoms with van der Waals surface area (Å²) < 4.78 is 54.1. The quantitative estimate of drug-likeness (QED) is 0.231. The van der Waals surface area contributed by atoms with E-state index >= 15 is 4.39 Å². The van der Waals surface area contributed by atoms with Gasteiger partial charge in [-0.3, -0.25) is 9.52 Å². The van der Waals surface area contributed by atoms with Crippen molar-refractivity contribution in [2.24, 2.45) is 0 Å². The zero-order valence-electron chi connectivity index (χ0n) is 22.8. The molecule has 0 radical (unpaired) electrons. The van der Waals surface area contributed by atoms with Crippen LogP contribution in [0.25, 0.3) is 11.0 Å². The summed E-state index contributed by atoms with van der Waals surface area (Å²) in [4.78, 5) is 39.8. The average molecular weight is 578 g/mol. The summed E-state index contributed by atoms with van der Waals surface area (Å²) >= 11 is 0. The number of halogens is 1. The fraction of sp³-hybridized carbons (Fsp3) is 0.346. The third kappa shape index (κ3) is 7.55. The minimum absolute atomic E-state index is 0.0588. The molecule has 1 heterocycles. The molecule has 0 fully saturated rings. The fourth-order valence-electron chi connectivity index (χ4n) is 3.73. The van der Waals surface area contributed by atoms with Gasteiger partial charge < -0.3 is 24.3 Å². The Hall–Kier alpha value is -4.01. The molecule has 216 valence electrons. The van der Waals surface area contributed by atoms with Crippen molar-refractivity contribution in [2.45, 2.75) is 19.4 Å². The minimum Gasteiger partial charge on any atom is -0.422 e. The second-order valence-corrected chi connectivity index (χ2v) is 10.9. The molecule has 2 aromatic carbocycles. The summed E-state index contributed by atoms with van der Waals surface area (Å²) in [6, 6.07) is 8.74. The van der Waals surface area contributed by atoms with Gasteiger partial charge in [0.1, 0.15) is 11.3 Å². The van der Waals surface area contributed by atoms with Crippen molar-refractivity contribution in [3.8, 4) is 5.75 Å². The molecule has 40 heavy (non-hydrogen) atoms. The van der Waals surface area contributed by atoms with Crippen molar-refractivity contribution in [1.82, 2.24) is 19.8 Å². The number of hydrogen-bond acceptors (Lipinski definition) is 8. The Morgan fingerprint density at radius 2 is 1.77 bits per heavy atom. The van der Waals surface area contributed by atoms with Gasteiger partial charge in [-0.05, 0) is 29.3 Å². The summed E-state index contributed by atoms with van der Waals surface area (Å²) in [6.07, 6.45) is -0.603. The number of carbonyl (C=O) groups is 2. The van der Waals surface area contributed by atoms with Crippen molar-refractivity contribution in [3.05, 3.63) is 69.3 Å². The number of nitrogens with zero attached hydrogens (tertiary/aromatic N) is 2. The maximum absolute atomic E-state index is 15.3. The van der Waals surface area contributed by atoms with Gasteiger partial charge in [-0.15, -0.1) is 0 Å². The van der Waals surface area contributed by atoms with Gasteiger partial charge in [-0.25, -0.2) is 18.7 Å². The molecule has 3 aromatic rings. The van der Waals surface area contributed by atoms with E-state index in [4.69, 9.17) is 9.15 Å². The first-order valence-corrected chi connectivity index (χ1v) is 13.7. The van der Waals surface area contributed by atoms with Gasteiger partial charge in [0.15, 0.2) is 5.82 Å². The number of ether oxygens (including phenoxy) is 1. The van der Waals surface area contributed by atoms with E-state index in [2.05, 4.69) is 14.8 Å². The number of amides is 2. The molecular formula is C26H32FN5O7S. The van der Waals surface area contributed by atoms with Gasteiger partial charge in [0.05, 0.1) is 5.69 Å². The van der Waals surface area contributed by atoms with Crippen LogP contribution in [0, 0.1) is 5.82 Å². The molecule has 3 N–H and O–H groups in total. The first-order chi connectivity index (χ1) is 18.8. The van der Waals surface area contributed by atoms with E-state index < -0.39 is 27.7 Å². The van der Waals surface area contributed by atoms with Crippen molar-refractivity contribution >= 4 is 38.9 Å². The molecular weight excluding hydrogens is 545 g/mol. The van der Waals surface area contributed by atoms with Crippen LogP contribution < -0.4 is 25.1 Å². The lowest BCUT2D eigenvalue weighted by atomic mass is 9.97. The van der Waals surface area contributed by atoms with Crippen LogP contribution in [0.3, 0.4) is 0 Å². The number of fused-ring (bicyclic) bond motifs is 1. The Kier molecular flexibility index (Phi) is 9.84. The molecule has 3 rings (SSSR count). The van der Waals surface area contributed by atoms with E-state index in [0.717, 1.165) is 0 Å². The van der Waals surface area contributed by atoms with Crippen LogP contribution in [0.1, 0.15) is 23.1 Å². The highest BCUT2D eigenvalue weighted by molar-refractivity contribution is 7.90. The number of rotatable bonds is 11. The van der Waals surface area contributed by atoms with Crippen molar-refractivity contribution in [1.29, 1.82) is 0 Å². The van der Waals surface area contributed by atoms with Gasteiger partial charge in [-0.1, -0.05) is 12.1 Å². The first kappa shape index (κ1) is 30.5. The van der Waals surface area contributed by atoms with Crippen LogP contribution in [-0.4, -0.2) is 72.0 Å². The Balaban J connectivity index is 2.04. The highest BCUT2D eigenvalue weighted by Gasteiger charge is 2.20. The van der Waals surface area contributed by atoms with Crippen LogP contribution >= 0.6 is 0 Å². The van der Waals surface area contributed by atoms with Crippen molar-refractivity contribution < 1.29 is 31.6 Å². The monoisotopic (exact) mass is 577 g/mol. The number of nitrogens with one attached hydrogen (secondary N) is 3. The Morgan fingerprint density at radius 1 is 1.05 bits per heavy atom. The third-order valence-corrected chi connectivity index (χ3v) is 6.96. The Labute approximate surface area is 231 Å². The molecule has 1 aromatic heterocycles. The summed E-state index contributed by atoms with van der Waals surface area (Å²) in [6.45, 7) is 0.453. The van der Waals surface area contributed by atoms with E-state index in [1.54, 1.807) is 26.2 Å². The molecule has 0 spiro atoms. The number of hydrogen-bond donors (Lipinski definition) is 3. The lowest BCUT2D eigenvalue weighted by Crippen LogP contribution is -2.27. The van der Waals surface area contributed by atoms with E-state index in [0.29, 0.717) is 17.5 Å². The van der Waals surface area contributed by atoms with Gasteiger partial charge in [0.25, 0.3) is 10.2 Å². The zero-order valence-corrected chi connectivity index (χ0v) is 23.6. The lowest BCUT2D eigenvalue weighted by Gasteiger charge is -2.16. The second kappa shape index (κ2) is 12.9. The molecule has 0 atom stereocenters. The highest BCUT2D eigenvalue weighted by atomic mass is 32.2. The Bertz CT molecular complexity index is 1570. The minimum atomic E-state index is -3.98. The first-order valence-electron chi connectivity index (χ1n) is 12.2. The number of carbonyl (C=O) groups excluding carboxylic acids is 2. The molecule has 0 aliphatic carbocycles. The van der Waals surface area contributed by atoms with Crippen LogP contribution in [0.15, 0.2) is 45.6 Å². The molecule has 0 bridgehead atoms. The highest BCUT2D eigenvalue weighted by Crippen LogP contribution is 2.28. The average Bonchev–Trinajstić information content (AvgIpc) is 2.89. The van der Waals surface area contributed by atoms with Crippen LogP contribution in [-0.2, 0) is 28.0 Å². The lowest BCUT2D eigenvalue weighted by molar-refractivity contribution is -0.128. The van der Waals surface area contributed by atoms with Crippen LogP contribution in [0.5, 0.6) is 5.75 Å². The third-order valence-electron chi connectivity index (χ3n) is 5.94. The predicted octanol–water partition coefficient (Wildman–Crippen LogP) is 2.03. The van der Waals surface area contributed by atoms with Crippen LogP contribution in [0.4, 0.5) is 14.9 Å². The standard InChI is InChI=1S/C26H32FN5O7S/c1-28-40(36,37)30-21-8-6-7-16(24(21)27)13-19-20(15-29-12-11-23(33)31(2)3)18-10-9-17(38-26(35)32(4)5)14-22(18)39-25(19)34/h6-10,14,28-30H,11-13,15H2,1-5H3. The van der Waals surface area contributed by atoms with E-state index in [9.17, 15) is 22.8 Å². The molecule has 0 saturated heterocycles. The topological polar surface area (TPSA) is 150 Å². The molecule has 0 aliphatic heterocycles. The molecule has 12 nitrogen and oxygen atoms in total. The largest absolute Gasteiger partial charge is 0.422 e. The Morgan fingerprint density at radius 3 is 2.42 bits per heavy atom. The maximum atomic E-state index is 15.3. The molecule has 2 amide bonds. The number of anilines is 1. The van der Waals surface area contributed by atoms with Gasteiger partial charge in [0.2, 0.25) is 5.91 Å². The molecule has 0 aliphatic rings. The fourth-order valence-corrected chi connectivity index (χ4v) is 4.28. The summed E-state index contributed by atoms with van der Waals surface area (Å²) in [5.41, 5.74) is -0.186. The second-order valence-electron chi connectivity index (χ2n) is 9.25. The van der Waals surface area contributed by atoms with Gasteiger partial charge >= 0.3 is 11.7 Å². The van der Waals surface area contributed by atoms with Gasteiger partial charge in [-0.2, -0.15) is 8.42 Å². The van der Waals surface area contributed by atoms with E-state index in [-0.39, 0.29) is 53.4 Å². The van der Waals surface area contributed by atoms with Crippen LogP contribution in [0.2, 0.25) is 0 Å². The zero-order chi connectivity index (χ0) is 29.6. The van der Waals surface area contributed by atoms with Crippen molar-refractivity contribution in [3.63, 3.8) is 0 Å². The molecule has 14 heteroatoms. The summed E-state index contributed by atoms with van der Waals surface area (Å²) in [5, 5.41) is 3.66. The van der Waals surface area contributed by atoms with E-state index in [1.165, 1.54) is 55.2 Å². The normalized spacial score (nSPS) is 11.3. The summed E-state index contributed by atoms with van der Waals surface area (Å²) in [7, 11) is 3.56. The SMILES string of the molecule is CNS(=O)(=O)Nc1cccc(Cc2c(CNCCC(=O)N(C)C)c3ccc(OC(=O)N(C)C)cc3oc2=O)c1F. The molecule has 0 unspecified atom stereocenters. The summed E-state index contributed by atoms with van der Waals surface area (Å²) in [5.74, 6) is -0.768. The molecule has 0 saturated carbocycles. The van der Waals surface area contributed by atoms with E-state index in [1.807, 2.05) is 0 Å².